The molecule has 1 aliphatic rings. The predicted octanol–water partition coefficient (Wildman–Crippen LogP) is 1.05. The number of nitrogens with one attached hydrogen (secondary N) is 1. The Bertz CT molecular complexity index is 459. The Morgan fingerprint density at radius 3 is 3.05 bits per heavy atom. The van der Waals surface area contributed by atoms with Gasteiger partial charge in [0.25, 0.3) is 0 Å². The molecule has 19 heavy (non-hydrogen) atoms. The zero-order valence-electron chi connectivity index (χ0n) is 10.6. The van der Waals surface area contributed by atoms with Crippen molar-refractivity contribution in [1.82, 2.24) is 5.32 Å². The molecule has 0 bridgehead atoms. The van der Waals surface area contributed by atoms with Crippen molar-refractivity contribution in [3.8, 4) is 0 Å². The number of halogens is 1. The van der Waals surface area contributed by atoms with E-state index in [1.807, 2.05) is 0 Å². The van der Waals surface area contributed by atoms with Crippen LogP contribution in [-0.4, -0.2) is 30.8 Å². The van der Waals surface area contributed by atoms with Gasteiger partial charge in [-0.2, -0.15) is 0 Å². The van der Waals surface area contributed by atoms with Gasteiger partial charge in [-0.1, -0.05) is 17.3 Å². The summed E-state index contributed by atoms with van der Waals surface area (Å²) in [4.78, 5) is 0. The molecular formula is C13H18FN3O2. The molecule has 1 unspecified atom stereocenters. The van der Waals surface area contributed by atoms with E-state index in [-0.39, 0.29) is 11.7 Å². The molecule has 1 aromatic rings. The van der Waals surface area contributed by atoms with Crippen LogP contribution in [0.1, 0.15) is 17.5 Å². The fraction of sp³-hybridized carbons (Fsp3) is 0.462. The number of hydrogen-bond donors (Lipinski definition) is 3. The Balaban J connectivity index is 1.89. The topological polar surface area (TPSA) is 79.9 Å². The van der Waals surface area contributed by atoms with Gasteiger partial charge in [-0.05, 0) is 18.4 Å². The van der Waals surface area contributed by atoms with Crippen molar-refractivity contribution >= 4 is 5.84 Å². The highest BCUT2D eigenvalue weighted by molar-refractivity contribution is 5.97. The van der Waals surface area contributed by atoms with E-state index in [0.29, 0.717) is 23.6 Å². The van der Waals surface area contributed by atoms with Gasteiger partial charge in [0.15, 0.2) is 5.84 Å². The Morgan fingerprint density at radius 2 is 2.42 bits per heavy atom. The minimum Gasteiger partial charge on any atom is -0.409 e. The molecule has 1 aromatic carbocycles. The number of oxime groups is 1. The zero-order valence-corrected chi connectivity index (χ0v) is 10.6. The minimum absolute atomic E-state index is 0.0958. The second-order valence-corrected chi connectivity index (χ2v) is 4.65. The van der Waals surface area contributed by atoms with Gasteiger partial charge in [0.05, 0.1) is 6.61 Å². The number of nitrogens with two attached hydrogens (primary N) is 1. The van der Waals surface area contributed by atoms with Gasteiger partial charge in [0.2, 0.25) is 0 Å². The summed E-state index contributed by atoms with van der Waals surface area (Å²) in [5.41, 5.74) is 6.33. The first-order valence-corrected chi connectivity index (χ1v) is 6.25. The molecule has 6 heteroatoms. The molecule has 1 heterocycles. The summed E-state index contributed by atoms with van der Waals surface area (Å²) in [6, 6.07) is 4.54. The van der Waals surface area contributed by atoms with Crippen LogP contribution in [0.25, 0.3) is 0 Å². The highest BCUT2D eigenvalue weighted by atomic mass is 19.1. The normalized spacial score (nSPS) is 19.8. The Morgan fingerprint density at radius 1 is 1.58 bits per heavy atom. The molecule has 0 saturated carbocycles. The van der Waals surface area contributed by atoms with Crippen LogP contribution in [0.15, 0.2) is 23.4 Å². The molecule has 104 valence electrons. The van der Waals surface area contributed by atoms with Crippen LogP contribution in [-0.2, 0) is 11.3 Å². The lowest BCUT2D eigenvalue weighted by atomic mass is 10.1. The Labute approximate surface area is 111 Å². The predicted molar refractivity (Wildman–Crippen MR) is 69.5 cm³/mol. The second kappa shape index (κ2) is 6.49. The minimum atomic E-state index is -0.362. The first-order chi connectivity index (χ1) is 9.20. The number of nitrogens with zero attached hydrogens (tertiary/aromatic N) is 1. The average Bonchev–Trinajstić information content (AvgIpc) is 2.93. The molecule has 1 fully saturated rings. The van der Waals surface area contributed by atoms with E-state index in [2.05, 4.69) is 10.5 Å². The van der Waals surface area contributed by atoms with E-state index < -0.39 is 0 Å². The summed E-state index contributed by atoms with van der Waals surface area (Å²) >= 11 is 0. The number of amidine groups is 1. The maximum Gasteiger partial charge on any atom is 0.170 e. The van der Waals surface area contributed by atoms with Crippen LogP contribution in [0, 0.1) is 11.7 Å². The van der Waals surface area contributed by atoms with E-state index in [1.54, 1.807) is 12.1 Å². The highest BCUT2D eigenvalue weighted by Gasteiger charge is 2.15. The molecule has 1 saturated heterocycles. The monoisotopic (exact) mass is 267 g/mol. The molecule has 0 aromatic heterocycles. The van der Waals surface area contributed by atoms with E-state index in [9.17, 15) is 4.39 Å². The molecular weight excluding hydrogens is 249 g/mol. The molecule has 0 spiro atoms. The fourth-order valence-electron chi connectivity index (χ4n) is 2.06. The van der Waals surface area contributed by atoms with Crippen LogP contribution in [0.3, 0.4) is 0 Å². The average molecular weight is 267 g/mol. The largest absolute Gasteiger partial charge is 0.409 e. The number of hydrogen-bond acceptors (Lipinski definition) is 4. The van der Waals surface area contributed by atoms with Crippen molar-refractivity contribution in [1.29, 1.82) is 0 Å². The molecule has 0 aliphatic carbocycles. The van der Waals surface area contributed by atoms with Crippen LogP contribution < -0.4 is 11.1 Å². The first-order valence-electron chi connectivity index (χ1n) is 6.25. The van der Waals surface area contributed by atoms with Gasteiger partial charge in [-0.25, -0.2) is 4.39 Å². The molecule has 0 radical (unpaired) electrons. The fourth-order valence-corrected chi connectivity index (χ4v) is 2.06. The lowest BCUT2D eigenvalue weighted by Crippen LogP contribution is -2.23. The molecule has 5 nitrogen and oxygen atoms in total. The summed E-state index contributed by atoms with van der Waals surface area (Å²) in [6.07, 6.45) is 1.05. The van der Waals surface area contributed by atoms with Crippen molar-refractivity contribution in [2.24, 2.45) is 16.8 Å². The van der Waals surface area contributed by atoms with E-state index in [4.69, 9.17) is 15.7 Å². The number of ether oxygens (including phenoxy) is 1. The highest BCUT2D eigenvalue weighted by Crippen LogP contribution is 2.13. The summed E-state index contributed by atoms with van der Waals surface area (Å²) in [6.45, 7) is 2.87. The molecule has 1 aliphatic heterocycles. The Hall–Kier alpha value is -1.66. The number of benzene rings is 1. The number of rotatable bonds is 5. The first kappa shape index (κ1) is 13.8. The van der Waals surface area contributed by atoms with E-state index in [0.717, 1.165) is 26.2 Å². The SMILES string of the molecule is NC(=NO)c1ccc(CNCC2CCOC2)c(F)c1. The van der Waals surface area contributed by atoms with Gasteiger partial charge >= 0.3 is 0 Å². The molecule has 4 N–H and O–H groups in total. The van der Waals surface area contributed by atoms with Crippen molar-refractivity contribution in [2.45, 2.75) is 13.0 Å². The van der Waals surface area contributed by atoms with E-state index in [1.165, 1.54) is 6.07 Å². The molecule has 0 amide bonds. The third-order valence-electron chi connectivity index (χ3n) is 3.23. The maximum atomic E-state index is 13.8. The molecule has 2 rings (SSSR count). The van der Waals surface area contributed by atoms with Gasteiger partial charge in [0.1, 0.15) is 5.82 Å². The van der Waals surface area contributed by atoms with Gasteiger partial charge < -0.3 is 21.0 Å². The zero-order chi connectivity index (χ0) is 13.7. The van der Waals surface area contributed by atoms with Crippen LogP contribution in [0.4, 0.5) is 4.39 Å². The quantitative estimate of drug-likeness (QED) is 0.322. The maximum absolute atomic E-state index is 13.8. The molecule has 1 atom stereocenters. The van der Waals surface area contributed by atoms with Crippen LogP contribution >= 0.6 is 0 Å². The lowest BCUT2D eigenvalue weighted by molar-refractivity contribution is 0.185. The van der Waals surface area contributed by atoms with Crippen LogP contribution in [0.2, 0.25) is 0 Å². The smallest absolute Gasteiger partial charge is 0.170 e. The standard InChI is InChI=1S/C13H18FN3O2/c14-12-5-10(13(15)17-18)1-2-11(12)7-16-6-9-3-4-19-8-9/h1-2,5,9,16,18H,3-4,6-8H2,(H2,15,17). The van der Waals surface area contributed by atoms with Crippen molar-refractivity contribution in [3.63, 3.8) is 0 Å². The third kappa shape index (κ3) is 3.65. The third-order valence-corrected chi connectivity index (χ3v) is 3.23. The Kier molecular flexibility index (Phi) is 4.70. The van der Waals surface area contributed by atoms with Gasteiger partial charge in [-0.15, -0.1) is 0 Å². The lowest BCUT2D eigenvalue weighted by Gasteiger charge is -2.10. The summed E-state index contributed by atoms with van der Waals surface area (Å²) in [7, 11) is 0. The van der Waals surface area contributed by atoms with Crippen molar-refractivity contribution in [3.05, 3.63) is 35.1 Å². The second-order valence-electron chi connectivity index (χ2n) is 4.65. The summed E-state index contributed by atoms with van der Waals surface area (Å²) < 4.78 is 19.1. The summed E-state index contributed by atoms with van der Waals surface area (Å²) in [5, 5.41) is 14.6. The summed E-state index contributed by atoms with van der Waals surface area (Å²) in [5.74, 6) is 0.0558. The van der Waals surface area contributed by atoms with Gasteiger partial charge in [0, 0.05) is 30.8 Å². The van der Waals surface area contributed by atoms with E-state index >= 15 is 0 Å². The van der Waals surface area contributed by atoms with Crippen molar-refractivity contribution in [2.75, 3.05) is 19.8 Å². The van der Waals surface area contributed by atoms with Gasteiger partial charge in [-0.3, -0.25) is 0 Å². The van der Waals surface area contributed by atoms with Crippen LogP contribution in [0.5, 0.6) is 0 Å². The van der Waals surface area contributed by atoms with Crippen molar-refractivity contribution < 1.29 is 14.3 Å².